The lowest BCUT2D eigenvalue weighted by Gasteiger charge is -2.25. The average Bonchev–Trinajstić information content (AvgIpc) is 2.15. The van der Waals surface area contributed by atoms with Crippen LogP contribution in [0.1, 0.15) is 25.0 Å². The van der Waals surface area contributed by atoms with Crippen molar-refractivity contribution in [1.29, 1.82) is 0 Å². The zero-order valence-corrected chi connectivity index (χ0v) is 10.1. The molecule has 84 valence electrons. The number of hydrogen-bond donors (Lipinski definition) is 1. The number of aryl methyl sites for hydroxylation is 1. The van der Waals surface area contributed by atoms with Crippen LogP contribution in [-0.4, -0.2) is 19.3 Å². The Kier molecular flexibility index (Phi) is 4.30. The minimum atomic E-state index is 0.0263. The highest BCUT2D eigenvalue weighted by molar-refractivity contribution is 5.22. The van der Waals surface area contributed by atoms with Gasteiger partial charge in [0.05, 0.1) is 6.61 Å². The second-order valence-electron chi connectivity index (χ2n) is 4.66. The van der Waals surface area contributed by atoms with Crippen molar-refractivity contribution < 1.29 is 4.74 Å². The van der Waals surface area contributed by atoms with E-state index in [1.54, 1.807) is 7.11 Å². The molecule has 0 saturated carbocycles. The van der Waals surface area contributed by atoms with Crippen LogP contribution in [0.3, 0.4) is 0 Å². The number of benzene rings is 1. The van der Waals surface area contributed by atoms with Gasteiger partial charge in [0.15, 0.2) is 0 Å². The topological polar surface area (TPSA) is 21.3 Å². The molecule has 0 bridgehead atoms. The molecule has 15 heavy (non-hydrogen) atoms. The first kappa shape index (κ1) is 12.2. The van der Waals surface area contributed by atoms with Crippen molar-refractivity contribution in [1.82, 2.24) is 5.32 Å². The molecule has 1 aromatic rings. The van der Waals surface area contributed by atoms with E-state index in [2.05, 4.69) is 50.4 Å². The van der Waals surface area contributed by atoms with Crippen LogP contribution in [0, 0.1) is 6.92 Å². The fourth-order valence-corrected chi connectivity index (χ4v) is 1.58. The third-order valence-corrected chi connectivity index (χ3v) is 2.36. The van der Waals surface area contributed by atoms with Gasteiger partial charge in [-0.25, -0.2) is 0 Å². The van der Waals surface area contributed by atoms with Gasteiger partial charge >= 0.3 is 0 Å². The summed E-state index contributed by atoms with van der Waals surface area (Å²) >= 11 is 0. The molecule has 0 heterocycles. The minimum Gasteiger partial charge on any atom is -0.383 e. The van der Waals surface area contributed by atoms with Crippen molar-refractivity contribution >= 4 is 0 Å². The van der Waals surface area contributed by atoms with Crippen LogP contribution in [0.2, 0.25) is 0 Å². The van der Waals surface area contributed by atoms with Gasteiger partial charge in [-0.2, -0.15) is 0 Å². The third kappa shape index (κ3) is 4.45. The molecule has 0 aliphatic rings. The van der Waals surface area contributed by atoms with Gasteiger partial charge in [-0.1, -0.05) is 29.8 Å². The Labute approximate surface area is 92.6 Å². The van der Waals surface area contributed by atoms with E-state index in [4.69, 9.17) is 4.74 Å². The molecule has 1 N–H and O–H groups in total. The molecule has 0 fully saturated rings. The predicted octanol–water partition coefficient (Wildman–Crippen LogP) is 2.51. The molecule has 0 atom stereocenters. The average molecular weight is 207 g/mol. The van der Waals surface area contributed by atoms with Crippen molar-refractivity contribution in [2.75, 3.05) is 13.7 Å². The Balaban J connectivity index is 2.49. The van der Waals surface area contributed by atoms with Crippen LogP contribution in [0.15, 0.2) is 24.3 Å². The Morgan fingerprint density at radius 3 is 2.67 bits per heavy atom. The van der Waals surface area contributed by atoms with Gasteiger partial charge in [0.1, 0.15) is 0 Å². The smallest absolute Gasteiger partial charge is 0.0639 e. The molecule has 0 unspecified atom stereocenters. The first-order valence-corrected chi connectivity index (χ1v) is 5.33. The normalized spacial score (nSPS) is 11.7. The molecule has 0 spiro atoms. The number of ether oxygens (including phenoxy) is 1. The van der Waals surface area contributed by atoms with Crippen molar-refractivity contribution in [3.63, 3.8) is 0 Å². The van der Waals surface area contributed by atoms with Crippen LogP contribution in [0.25, 0.3) is 0 Å². The highest BCUT2D eigenvalue weighted by Gasteiger charge is 2.15. The van der Waals surface area contributed by atoms with Gasteiger partial charge in [-0.3, -0.25) is 0 Å². The molecular formula is C13H21NO. The number of rotatable bonds is 5. The summed E-state index contributed by atoms with van der Waals surface area (Å²) in [6.45, 7) is 8.01. The first-order valence-electron chi connectivity index (χ1n) is 5.33. The first-order chi connectivity index (χ1) is 7.03. The largest absolute Gasteiger partial charge is 0.383 e. The van der Waals surface area contributed by atoms with Crippen LogP contribution in [0.4, 0.5) is 0 Å². The van der Waals surface area contributed by atoms with Gasteiger partial charge in [-0.05, 0) is 26.3 Å². The second-order valence-corrected chi connectivity index (χ2v) is 4.66. The molecule has 2 nitrogen and oxygen atoms in total. The van der Waals surface area contributed by atoms with E-state index in [9.17, 15) is 0 Å². The fraction of sp³-hybridized carbons (Fsp3) is 0.538. The van der Waals surface area contributed by atoms with Gasteiger partial charge in [-0.15, -0.1) is 0 Å². The maximum Gasteiger partial charge on any atom is 0.0639 e. The summed E-state index contributed by atoms with van der Waals surface area (Å²) in [7, 11) is 1.73. The molecule has 0 aliphatic carbocycles. The molecular weight excluding hydrogens is 186 g/mol. The molecule has 2 heteroatoms. The van der Waals surface area contributed by atoms with E-state index in [1.807, 2.05) is 0 Å². The van der Waals surface area contributed by atoms with Crippen molar-refractivity contribution in [3.8, 4) is 0 Å². The van der Waals surface area contributed by atoms with Crippen LogP contribution in [-0.2, 0) is 11.3 Å². The summed E-state index contributed by atoms with van der Waals surface area (Å²) in [5.41, 5.74) is 2.65. The molecule has 0 radical (unpaired) electrons. The summed E-state index contributed by atoms with van der Waals surface area (Å²) in [4.78, 5) is 0. The summed E-state index contributed by atoms with van der Waals surface area (Å²) in [6, 6.07) is 8.55. The van der Waals surface area contributed by atoms with E-state index >= 15 is 0 Å². The van der Waals surface area contributed by atoms with E-state index < -0.39 is 0 Å². The number of hydrogen-bond acceptors (Lipinski definition) is 2. The Bertz CT molecular complexity index is 307. The maximum absolute atomic E-state index is 5.16. The van der Waals surface area contributed by atoms with Crippen LogP contribution >= 0.6 is 0 Å². The predicted molar refractivity (Wildman–Crippen MR) is 64.0 cm³/mol. The van der Waals surface area contributed by atoms with E-state index in [-0.39, 0.29) is 5.54 Å². The molecule has 0 saturated heterocycles. The molecule has 1 aromatic carbocycles. The number of nitrogens with one attached hydrogen (secondary N) is 1. The summed E-state index contributed by atoms with van der Waals surface area (Å²) in [6.07, 6.45) is 0. The van der Waals surface area contributed by atoms with Crippen LogP contribution in [0.5, 0.6) is 0 Å². The van der Waals surface area contributed by atoms with Gasteiger partial charge in [0.25, 0.3) is 0 Å². The minimum absolute atomic E-state index is 0.0263. The lowest BCUT2D eigenvalue weighted by molar-refractivity contribution is 0.128. The van der Waals surface area contributed by atoms with Gasteiger partial charge in [0, 0.05) is 19.2 Å². The Morgan fingerprint density at radius 2 is 2.07 bits per heavy atom. The van der Waals surface area contributed by atoms with Crippen molar-refractivity contribution in [2.45, 2.75) is 32.9 Å². The molecule has 1 rings (SSSR count). The third-order valence-electron chi connectivity index (χ3n) is 2.36. The lowest BCUT2D eigenvalue weighted by atomic mass is 10.1. The molecule has 0 aliphatic heterocycles. The lowest BCUT2D eigenvalue weighted by Crippen LogP contribution is -2.42. The highest BCUT2D eigenvalue weighted by Crippen LogP contribution is 2.07. The second kappa shape index (κ2) is 5.29. The SMILES string of the molecule is COCC(C)(C)NCc1cccc(C)c1. The quantitative estimate of drug-likeness (QED) is 0.801. The van der Waals surface area contributed by atoms with Gasteiger partial charge < -0.3 is 10.1 Å². The van der Waals surface area contributed by atoms with Crippen molar-refractivity contribution in [3.05, 3.63) is 35.4 Å². The maximum atomic E-state index is 5.16. The standard InChI is InChI=1S/C13H21NO/c1-11-6-5-7-12(8-11)9-14-13(2,3)10-15-4/h5-8,14H,9-10H2,1-4H3. The zero-order valence-electron chi connectivity index (χ0n) is 10.1. The van der Waals surface area contributed by atoms with E-state index in [0.29, 0.717) is 0 Å². The number of methoxy groups -OCH3 is 1. The van der Waals surface area contributed by atoms with Crippen LogP contribution < -0.4 is 5.32 Å². The van der Waals surface area contributed by atoms with Gasteiger partial charge in [0.2, 0.25) is 0 Å². The summed E-state index contributed by atoms with van der Waals surface area (Å²) in [5, 5.41) is 3.48. The Morgan fingerprint density at radius 1 is 1.33 bits per heavy atom. The Hall–Kier alpha value is -0.860. The summed E-state index contributed by atoms with van der Waals surface area (Å²) < 4.78 is 5.16. The van der Waals surface area contributed by atoms with Crippen molar-refractivity contribution in [2.24, 2.45) is 0 Å². The highest BCUT2D eigenvalue weighted by atomic mass is 16.5. The molecule has 0 amide bonds. The molecule has 0 aromatic heterocycles. The fourth-order valence-electron chi connectivity index (χ4n) is 1.58. The van der Waals surface area contributed by atoms with E-state index in [0.717, 1.165) is 13.2 Å². The zero-order chi connectivity index (χ0) is 11.3. The summed E-state index contributed by atoms with van der Waals surface area (Å²) in [5.74, 6) is 0. The van der Waals surface area contributed by atoms with E-state index in [1.165, 1.54) is 11.1 Å². The monoisotopic (exact) mass is 207 g/mol.